The van der Waals surface area contributed by atoms with Crippen molar-refractivity contribution in [2.24, 2.45) is 0 Å². The second-order valence-electron chi connectivity index (χ2n) is 5.20. The number of nitrogen functional groups attached to an aromatic ring is 1. The first-order valence-corrected chi connectivity index (χ1v) is 7.02. The molecule has 0 bridgehead atoms. The highest BCUT2D eigenvalue weighted by Crippen LogP contribution is 2.28. The Morgan fingerprint density at radius 3 is 2.94 bits per heavy atom. The predicted octanol–water partition coefficient (Wildman–Crippen LogP) is 1.99. The molecule has 1 unspecified atom stereocenters. The summed E-state index contributed by atoms with van der Waals surface area (Å²) in [6.45, 7) is 4.53. The van der Waals surface area contributed by atoms with Crippen LogP contribution < -0.4 is 10.6 Å². The van der Waals surface area contributed by atoms with Crippen LogP contribution in [-0.2, 0) is 0 Å². The lowest BCUT2D eigenvalue weighted by atomic mass is 10.2. The van der Waals surface area contributed by atoms with Crippen molar-refractivity contribution in [2.75, 3.05) is 36.8 Å². The van der Waals surface area contributed by atoms with Crippen LogP contribution in [0.5, 0.6) is 0 Å². The molecule has 1 atom stereocenters. The third-order valence-electron chi connectivity index (χ3n) is 3.96. The molecular formula is C13H19ClN4. The fourth-order valence-electron chi connectivity index (χ4n) is 3.11. The van der Waals surface area contributed by atoms with Gasteiger partial charge in [0.15, 0.2) is 5.82 Å². The summed E-state index contributed by atoms with van der Waals surface area (Å²) in [5, 5.41) is 0.605. The standard InChI is InChI=1S/C13H19ClN4/c14-10-7-12(15)13(16-8-10)18-6-2-5-17-4-1-3-11(17)9-18/h7-8,11H,1-6,9,15H2. The van der Waals surface area contributed by atoms with E-state index >= 15 is 0 Å². The van der Waals surface area contributed by atoms with Crippen molar-refractivity contribution in [3.63, 3.8) is 0 Å². The smallest absolute Gasteiger partial charge is 0.151 e. The number of pyridine rings is 1. The maximum absolute atomic E-state index is 6.04. The first-order chi connectivity index (χ1) is 8.74. The van der Waals surface area contributed by atoms with Crippen LogP contribution in [0, 0.1) is 0 Å². The number of halogens is 1. The monoisotopic (exact) mass is 266 g/mol. The molecule has 4 nitrogen and oxygen atoms in total. The number of anilines is 2. The topological polar surface area (TPSA) is 45.4 Å². The molecule has 1 aromatic rings. The van der Waals surface area contributed by atoms with E-state index in [4.69, 9.17) is 17.3 Å². The molecule has 1 aromatic heterocycles. The van der Waals surface area contributed by atoms with Crippen molar-refractivity contribution in [1.29, 1.82) is 0 Å². The van der Waals surface area contributed by atoms with Crippen LogP contribution in [0.2, 0.25) is 5.02 Å². The van der Waals surface area contributed by atoms with E-state index in [1.807, 2.05) is 0 Å². The van der Waals surface area contributed by atoms with E-state index in [9.17, 15) is 0 Å². The SMILES string of the molecule is Nc1cc(Cl)cnc1N1CCCN2CCCC2C1. The zero-order valence-corrected chi connectivity index (χ0v) is 11.2. The Labute approximate surface area is 113 Å². The second-order valence-corrected chi connectivity index (χ2v) is 5.63. The summed E-state index contributed by atoms with van der Waals surface area (Å²) in [4.78, 5) is 9.33. The van der Waals surface area contributed by atoms with E-state index in [1.165, 1.54) is 32.4 Å². The highest BCUT2D eigenvalue weighted by molar-refractivity contribution is 6.30. The Morgan fingerprint density at radius 2 is 2.11 bits per heavy atom. The van der Waals surface area contributed by atoms with E-state index in [2.05, 4.69) is 14.8 Å². The minimum absolute atomic E-state index is 0.605. The second kappa shape index (κ2) is 4.94. The van der Waals surface area contributed by atoms with Gasteiger partial charge in [0.1, 0.15) is 0 Å². The summed E-state index contributed by atoms with van der Waals surface area (Å²) in [5.41, 5.74) is 6.73. The van der Waals surface area contributed by atoms with E-state index in [1.54, 1.807) is 12.3 Å². The van der Waals surface area contributed by atoms with Crippen LogP contribution in [0.4, 0.5) is 11.5 Å². The molecule has 0 aromatic carbocycles. The summed E-state index contributed by atoms with van der Waals surface area (Å²) >= 11 is 5.91. The number of nitrogens with zero attached hydrogens (tertiary/aromatic N) is 3. The molecule has 2 N–H and O–H groups in total. The number of hydrogen-bond donors (Lipinski definition) is 1. The van der Waals surface area contributed by atoms with Gasteiger partial charge in [0.05, 0.1) is 10.7 Å². The number of rotatable bonds is 1. The summed E-state index contributed by atoms with van der Waals surface area (Å²) in [6.07, 6.45) is 5.48. The van der Waals surface area contributed by atoms with Gasteiger partial charge < -0.3 is 10.6 Å². The molecule has 0 saturated carbocycles. The van der Waals surface area contributed by atoms with Gasteiger partial charge in [0, 0.05) is 31.9 Å². The minimum atomic E-state index is 0.605. The van der Waals surface area contributed by atoms with E-state index in [-0.39, 0.29) is 0 Å². The molecule has 0 radical (unpaired) electrons. The Hall–Kier alpha value is -1.00. The molecule has 2 aliphatic heterocycles. The first-order valence-electron chi connectivity index (χ1n) is 6.64. The largest absolute Gasteiger partial charge is 0.396 e. The van der Waals surface area contributed by atoms with Gasteiger partial charge in [-0.3, -0.25) is 4.90 Å². The van der Waals surface area contributed by atoms with Crippen LogP contribution in [-0.4, -0.2) is 42.1 Å². The highest BCUT2D eigenvalue weighted by atomic mass is 35.5. The molecule has 3 heterocycles. The molecule has 3 rings (SSSR count). The Morgan fingerprint density at radius 1 is 1.28 bits per heavy atom. The lowest BCUT2D eigenvalue weighted by Gasteiger charge is -2.27. The lowest BCUT2D eigenvalue weighted by molar-refractivity contribution is 0.273. The van der Waals surface area contributed by atoms with Gasteiger partial charge in [-0.2, -0.15) is 0 Å². The van der Waals surface area contributed by atoms with Crippen molar-refractivity contribution in [1.82, 2.24) is 9.88 Å². The summed E-state index contributed by atoms with van der Waals surface area (Å²) < 4.78 is 0. The average Bonchev–Trinajstić information content (AvgIpc) is 2.67. The molecule has 2 aliphatic rings. The van der Waals surface area contributed by atoms with Gasteiger partial charge in [0.2, 0.25) is 0 Å². The van der Waals surface area contributed by atoms with Crippen LogP contribution >= 0.6 is 11.6 Å². The predicted molar refractivity (Wildman–Crippen MR) is 75.1 cm³/mol. The molecule has 98 valence electrons. The summed E-state index contributed by atoms with van der Waals surface area (Å²) in [5.74, 6) is 0.896. The summed E-state index contributed by atoms with van der Waals surface area (Å²) in [6, 6.07) is 2.46. The van der Waals surface area contributed by atoms with Gasteiger partial charge in [-0.25, -0.2) is 4.98 Å². The fraction of sp³-hybridized carbons (Fsp3) is 0.615. The first kappa shape index (κ1) is 12.1. The van der Waals surface area contributed by atoms with Crippen molar-refractivity contribution in [2.45, 2.75) is 25.3 Å². The fourth-order valence-corrected chi connectivity index (χ4v) is 3.28. The number of nitrogens with two attached hydrogens (primary N) is 1. The Bertz CT molecular complexity index is 437. The molecule has 0 spiro atoms. The van der Waals surface area contributed by atoms with E-state index < -0.39 is 0 Å². The maximum atomic E-state index is 6.04. The average molecular weight is 267 g/mol. The van der Waals surface area contributed by atoms with Crippen LogP contribution in [0.15, 0.2) is 12.3 Å². The molecule has 0 aliphatic carbocycles. The number of fused-ring (bicyclic) bond motifs is 1. The normalized spacial score (nSPS) is 24.9. The van der Waals surface area contributed by atoms with Gasteiger partial charge in [0.25, 0.3) is 0 Å². The van der Waals surface area contributed by atoms with Crippen LogP contribution in [0.3, 0.4) is 0 Å². The van der Waals surface area contributed by atoms with Crippen LogP contribution in [0.25, 0.3) is 0 Å². The zero-order valence-electron chi connectivity index (χ0n) is 10.5. The third-order valence-corrected chi connectivity index (χ3v) is 4.17. The van der Waals surface area contributed by atoms with E-state index in [0.717, 1.165) is 18.9 Å². The Balaban J connectivity index is 1.82. The van der Waals surface area contributed by atoms with Gasteiger partial charge in [-0.1, -0.05) is 11.6 Å². The zero-order chi connectivity index (χ0) is 12.5. The van der Waals surface area contributed by atoms with Crippen molar-refractivity contribution in [3.8, 4) is 0 Å². The highest BCUT2D eigenvalue weighted by Gasteiger charge is 2.29. The van der Waals surface area contributed by atoms with Gasteiger partial charge >= 0.3 is 0 Å². The number of aromatic nitrogens is 1. The van der Waals surface area contributed by atoms with E-state index in [0.29, 0.717) is 16.8 Å². The maximum Gasteiger partial charge on any atom is 0.151 e. The van der Waals surface area contributed by atoms with Crippen LogP contribution in [0.1, 0.15) is 19.3 Å². The van der Waals surface area contributed by atoms with Crippen molar-refractivity contribution in [3.05, 3.63) is 17.3 Å². The number of hydrogen-bond acceptors (Lipinski definition) is 4. The molecule has 2 saturated heterocycles. The van der Waals surface area contributed by atoms with Gasteiger partial charge in [-0.05, 0) is 31.9 Å². The minimum Gasteiger partial charge on any atom is -0.396 e. The Kier molecular flexibility index (Phi) is 3.31. The quantitative estimate of drug-likeness (QED) is 0.844. The third kappa shape index (κ3) is 2.27. The molecular weight excluding hydrogens is 248 g/mol. The lowest BCUT2D eigenvalue weighted by Crippen LogP contribution is -2.37. The van der Waals surface area contributed by atoms with Gasteiger partial charge in [-0.15, -0.1) is 0 Å². The molecule has 0 amide bonds. The molecule has 18 heavy (non-hydrogen) atoms. The van der Waals surface area contributed by atoms with Crippen molar-refractivity contribution >= 4 is 23.1 Å². The molecule has 2 fully saturated rings. The summed E-state index contributed by atoms with van der Waals surface area (Å²) in [7, 11) is 0. The van der Waals surface area contributed by atoms with Crippen molar-refractivity contribution < 1.29 is 0 Å². The molecule has 5 heteroatoms.